The van der Waals surface area contributed by atoms with E-state index in [1.165, 1.54) is 19.2 Å². The molecule has 1 amide bonds. The highest BCUT2D eigenvalue weighted by molar-refractivity contribution is 5.92. The van der Waals surface area contributed by atoms with Crippen molar-refractivity contribution in [2.75, 3.05) is 19.5 Å². The number of anilines is 1. The number of rotatable bonds is 9. The van der Waals surface area contributed by atoms with Gasteiger partial charge in [-0.1, -0.05) is 12.1 Å². The zero-order valence-corrected chi connectivity index (χ0v) is 15.5. The molecule has 0 heterocycles. The largest absolute Gasteiger partial charge is 0.497 e. The molecule has 2 rings (SSSR count). The number of nitrogens with one attached hydrogen (secondary N) is 2. The molecule has 0 aliphatic carbocycles. The molecular formula is C19H23N3O5. The lowest BCUT2D eigenvalue weighted by molar-refractivity contribution is -0.384. The molecule has 2 aromatic rings. The summed E-state index contributed by atoms with van der Waals surface area (Å²) in [5, 5.41) is 16.7. The van der Waals surface area contributed by atoms with Crippen LogP contribution in [0.25, 0.3) is 0 Å². The first-order chi connectivity index (χ1) is 12.9. The van der Waals surface area contributed by atoms with Crippen molar-refractivity contribution in [1.82, 2.24) is 5.32 Å². The second kappa shape index (κ2) is 9.54. The number of non-ortho nitro benzene ring substituents is 1. The molecule has 8 nitrogen and oxygen atoms in total. The Hall–Kier alpha value is -3.13. The van der Waals surface area contributed by atoms with E-state index < -0.39 is 4.92 Å². The number of ether oxygens (including phenoxy) is 2. The number of methoxy groups -OCH3 is 2. The van der Waals surface area contributed by atoms with E-state index in [0.29, 0.717) is 23.7 Å². The summed E-state index contributed by atoms with van der Waals surface area (Å²) < 4.78 is 10.4. The molecule has 0 saturated carbocycles. The number of nitro benzene ring substituents is 1. The number of nitrogens with zero attached hydrogens (tertiary/aromatic N) is 1. The number of carbonyl (C=O) groups excluding carboxylic acids is 1. The van der Waals surface area contributed by atoms with Crippen LogP contribution in [0.15, 0.2) is 42.5 Å². The zero-order chi connectivity index (χ0) is 19.8. The Morgan fingerprint density at radius 1 is 1.15 bits per heavy atom. The fourth-order valence-electron chi connectivity index (χ4n) is 2.48. The zero-order valence-electron chi connectivity index (χ0n) is 15.5. The average Bonchev–Trinajstić information content (AvgIpc) is 2.66. The van der Waals surface area contributed by atoms with E-state index >= 15 is 0 Å². The van der Waals surface area contributed by atoms with E-state index in [1.54, 1.807) is 37.4 Å². The minimum Gasteiger partial charge on any atom is -0.497 e. The lowest BCUT2D eigenvalue weighted by Gasteiger charge is -2.15. The Kier molecular flexibility index (Phi) is 7.13. The van der Waals surface area contributed by atoms with Gasteiger partial charge >= 0.3 is 0 Å². The number of benzene rings is 2. The number of hydrogen-bond donors (Lipinski definition) is 2. The van der Waals surface area contributed by atoms with Crippen LogP contribution >= 0.6 is 0 Å². The topological polar surface area (TPSA) is 103 Å². The van der Waals surface area contributed by atoms with Gasteiger partial charge in [-0.15, -0.1) is 0 Å². The van der Waals surface area contributed by atoms with Crippen LogP contribution in [0.3, 0.4) is 0 Å². The fraction of sp³-hybridized carbons (Fsp3) is 0.316. The molecule has 0 aliphatic rings. The average molecular weight is 373 g/mol. The first kappa shape index (κ1) is 20.2. The predicted octanol–water partition coefficient (Wildman–Crippen LogP) is 3.12. The van der Waals surface area contributed by atoms with Crippen LogP contribution in [0.5, 0.6) is 11.5 Å². The molecule has 1 atom stereocenters. The summed E-state index contributed by atoms with van der Waals surface area (Å²) in [7, 11) is 3.09. The summed E-state index contributed by atoms with van der Waals surface area (Å²) in [6, 6.07) is 11.4. The van der Waals surface area contributed by atoms with E-state index in [0.717, 1.165) is 5.56 Å². The van der Waals surface area contributed by atoms with Crippen molar-refractivity contribution >= 4 is 17.3 Å². The molecule has 8 heteroatoms. The fourth-order valence-corrected chi connectivity index (χ4v) is 2.48. The Morgan fingerprint density at radius 2 is 1.85 bits per heavy atom. The highest BCUT2D eigenvalue weighted by atomic mass is 16.6. The van der Waals surface area contributed by atoms with Gasteiger partial charge in [0.25, 0.3) is 5.69 Å². The monoisotopic (exact) mass is 373 g/mol. The molecular weight excluding hydrogens is 350 g/mol. The van der Waals surface area contributed by atoms with Crippen LogP contribution in [0, 0.1) is 10.1 Å². The lowest BCUT2D eigenvalue weighted by Crippen LogP contribution is -2.30. The van der Waals surface area contributed by atoms with Gasteiger partial charge in [-0.25, -0.2) is 0 Å². The molecule has 0 radical (unpaired) electrons. The Labute approximate surface area is 157 Å². The third kappa shape index (κ3) is 5.96. The van der Waals surface area contributed by atoms with Crippen molar-refractivity contribution in [1.29, 1.82) is 0 Å². The van der Waals surface area contributed by atoms with Crippen LogP contribution in [0.1, 0.15) is 18.9 Å². The van der Waals surface area contributed by atoms with E-state index in [4.69, 9.17) is 9.47 Å². The standard InChI is InChI=1S/C19H23N3O5/c1-13(20-12-14-4-6-15(7-5-14)22(24)25)10-19(23)21-17-9-8-16(26-2)11-18(17)27-3/h4-9,11,13,20H,10,12H2,1-3H3,(H,21,23). The van der Waals surface area contributed by atoms with Crippen LogP contribution in [0.4, 0.5) is 11.4 Å². The van der Waals surface area contributed by atoms with Gasteiger partial charge in [-0.05, 0) is 24.6 Å². The second-order valence-electron chi connectivity index (χ2n) is 6.02. The number of carbonyl (C=O) groups is 1. The van der Waals surface area contributed by atoms with Gasteiger partial charge in [0.1, 0.15) is 11.5 Å². The third-order valence-electron chi connectivity index (χ3n) is 3.98. The molecule has 0 aliphatic heterocycles. The summed E-state index contributed by atoms with van der Waals surface area (Å²) >= 11 is 0. The molecule has 0 fully saturated rings. The molecule has 27 heavy (non-hydrogen) atoms. The first-order valence-electron chi connectivity index (χ1n) is 8.41. The highest BCUT2D eigenvalue weighted by Crippen LogP contribution is 2.29. The molecule has 2 N–H and O–H groups in total. The summed E-state index contributed by atoms with van der Waals surface area (Å²) in [5.74, 6) is 1.01. The minimum atomic E-state index is -0.433. The second-order valence-corrected chi connectivity index (χ2v) is 6.02. The summed E-state index contributed by atoms with van der Waals surface area (Å²) in [6.07, 6.45) is 0.266. The van der Waals surface area contributed by atoms with Crippen LogP contribution < -0.4 is 20.1 Å². The molecule has 0 saturated heterocycles. The van der Waals surface area contributed by atoms with Crippen molar-refractivity contribution in [3.63, 3.8) is 0 Å². The maximum absolute atomic E-state index is 12.3. The van der Waals surface area contributed by atoms with Crippen LogP contribution in [0.2, 0.25) is 0 Å². The maximum Gasteiger partial charge on any atom is 0.269 e. The summed E-state index contributed by atoms with van der Waals surface area (Å²) in [6.45, 7) is 2.41. The van der Waals surface area contributed by atoms with Crippen molar-refractivity contribution in [3.05, 3.63) is 58.1 Å². The van der Waals surface area contributed by atoms with E-state index in [9.17, 15) is 14.9 Å². The normalized spacial score (nSPS) is 11.5. The van der Waals surface area contributed by atoms with Gasteiger partial charge in [0, 0.05) is 37.2 Å². The molecule has 1 unspecified atom stereocenters. The van der Waals surface area contributed by atoms with Gasteiger partial charge in [0.2, 0.25) is 5.91 Å². The molecule has 0 bridgehead atoms. The van der Waals surface area contributed by atoms with E-state index in [-0.39, 0.29) is 24.1 Å². The summed E-state index contributed by atoms with van der Waals surface area (Å²) in [4.78, 5) is 22.5. The van der Waals surface area contributed by atoms with Gasteiger partial charge in [-0.2, -0.15) is 0 Å². The van der Waals surface area contributed by atoms with E-state index in [2.05, 4.69) is 10.6 Å². The van der Waals surface area contributed by atoms with Crippen molar-refractivity contribution in [2.45, 2.75) is 25.9 Å². The minimum absolute atomic E-state index is 0.0552. The third-order valence-corrected chi connectivity index (χ3v) is 3.98. The molecule has 0 aromatic heterocycles. The smallest absolute Gasteiger partial charge is 0.269 e. The van der Waals surface area contributed by atoms with Gasteiger partial charge in [0.15, 0.2) is 0 Å². The van der Waals surface area contributed by atoms with Crippen molar-refractivity contribution in [3.8, 4) is 11.5 Å². The van der Waals surface area contributed by atoms with Gasteiger partial charge in [0.05, 0.1) is 24.8 Å². The van der Waals surface area contributed by atoms with Crippen molar-refractivity contribution < 1.29 is 19.2 Å². The highest BCUT2D eigenvalue weighted by Gasteiger charge is 2.12. The molecule has 144 valence electrons. The molecule has 0 spiro atoms. The number of amides is 1. The predicted molar refractivity (Wildman–Crippen MR) is 102 cm³/mol. The maximum atomic E-state index is 12.3. The van der Waals surface area contributed by atoms with Crippen LogP contribution in [-0.4, -0.2) is 31.1 Å². The number of hydrogen-bond acceptors (Lipinski definition) is 6. The first-order valence-corrected chi connectivity index (χ1v) is 8.41. The quantitative estimate of drug-likeness (QED) is 0.517. The Morgan fingerprint density at radius 3 is 2.44 bits per heavy atom. The van der Waals surface area contributed by atoms with Crippen molar-refractivity contribution in [2.24, 2.45) is 0 Å². The van der Waals surface area contributed by atoms with E-state index in [1.807, 2.05) is 6.92 Å². The van der Waals surface area contributed by atoms with Crippen LogP contribution in [-0.2, 0) is 11.3 Å². The Balaban J connectivity index is 1.85. The van der Waals surface area contributed by atoms with Gasteiger partial charge < -0.3 is 20.1 Å². The summed E-state index contributed by atoms with van der Waals surface area (Å²) in [5.41, 5.74) is 1.54. The Bertz CT molecular complexity index is 792. The lowest BCUT2D eigenvalue weighted by atomic mass is 10.1. The van der Waals surface area contributed by atoms with Gasteiger partial charge in [-0.3, -0.25) is 14.9 Å². The molecule has 2 aromatic carbocycles. The SMILES string of the molecule is COc1ccc(NC(=O)CC(C)NCc2ccc([N+](=O)[O-])cc2)c(OC)c1. The number of nitro groups is 1.